The Kier molecular flexibility index (Phi) is 24.4. The number of anilines is 12. The van der Waals surface area contributed by atoms with Crippen molar-refractivity contribution in [2.75, 3.05) is 159 Å². The molecule has 0 atom stereocenters. The lowest BCUT2D eigenvalue weighted by atomic mass is 10.2. The standard InChI is InChI=1S/C23H28N8.C22H26N8.C20H21FN8.C20H21N7O.ClH/c1-4-29-8-10-30(11-9-29)19-15-24-20(12-16(19)3)27-23-25-13-17-6-7-18-14-26-31(5-2)22(18)21(17)28-23;1-3-28-9-11-29(12-10-28)18-7-8-19(23-15-18)26-22-24-13-16-5-6-17-14-25-30(4-2)21(17)20(16)27-22;1-2-29-18-14(12-24-29)4-3-13-11-23-20(27-17(13)18)26-16-6-5-15(19(21)25-16)28-9-7-22-8-10-28;1-2-27-19-15(12-23-27)4-3-14-11-22-20(25-18(14)19)24-17-6-5-16(13-21-17)26-7-9-28-10-8-26;/h6-7,12-15H,4-5,8-11H2,1-3H3,(H,24,25,27,28);5-8,13-15H,3-4,9-12H2,1-2H3,(H,23,24,26,27);3-6,11-12,22H,2,7-10H2,1H3,(H,23,25,26,27);3-6,11-13H,2,7-10H2,1H3,(H,21,22,24,25);1H. The summed E-state index contributed by atoms with van der Waals surface area (Å²) in [5.74, 6) is 4.06. The van der Waals surface area contributed by atoms with Crippen LogP contribution in [0.4, 0.5) is 74.2 Å². The van der Waals surface area contributed by atoms with E-state index in [1.165, 1.54) is 11.3 Å². The molecule has 12 aromatic heterocycles. The fraction of sp³-hybridized carbons (Fsp3) is 0.341. The summed E-state index contributed by atoms with van der Waals surface area (Å²) in [4.78, 5) is 68.6. The number of rotatable bonds is 18. The third kappa shape index (κ3) is 17.5. The molecule has 119 heavy (non-hydrogen) atoms. The molecule has 32 nitrogen and oxygen atoms in total. The number of aromatic nitrogens is 20. The highest BCUT2D eigenvalue weighted by Crippen LogP contribution is 2.33. The van der Waals surface area contributed by atoms with Crippen LogP contribution in [-0.2, 0) is 30.9 Å². The Balaban J connectivity index is 0.000000118. The smallest absolute Gasteiger partial charge is 0.238 e. The maximum absolute atomic E-state index is 14.6. The van der Waals surface area contributed by atoms with E-state index in [2.05, 4.69) is 194 Å². The molecule has 0 saturated carbocycles. The van der Waals surface area contributed by atoms with Crippen LogP contribution in [0.25, 0.3) is 87.2 Å². The van der Waals surface area contributed by atoms with Crippen molar-refractivity contribution < 1.29 is 9.13 Å². The number of hydrogen-bond acceptors (Lipinski definition) is 28. The number of likely N-dealkylation sites (N-methyl/N-ethyl adjacent to an activating group) is 2. The molecular formula is C85H97ClFN31O. The Morgan fingerprint density at radius 3 is 1.06 bits per heavy atom. The van der Waals surface area contributed by atoms with E-state index in [4.69, 9.17) is 19.7 Å². The van der Waals surface area contributed by atoms with Crippen LogP contribution < -0.4 is 46.2 Å². The van der Waals surface area contributed by atoms with Crippen LogP contribution in [0.2, 0.25) is 0 Å². The van der Waals surface area contributed by atoms with Gasteiger partial charge in [-0.3, -0.25) is 18.7 Å². The molecule has 0 radical (unpaired) electrons. The molecule has 0 bridgehead atoms. The molecule has 4 fully saturated rings. The summed E-state index contributed by atoms with van der Waals surface area (Å²) < 4.78 is 27.8. The predicted octanol–water partition coefficient (Wildman–Crippen LogP) is 13.0. The van der Waals surface area contributed by atoms with E-state index in [1.54, 1.807) is 18.3 Å². The highest BCUT2D eigenvalue weighted by Gasteiger charge is 2.23. The van der Waals surface area contributed by atoms with Gasteiger partial charge in [-0.15, -0.1) is 12.4 Å². The second kappa shape index (κ2) is 36.4. The van der Waals surface area contributed by atoms with Crippen LogP contribution in [0, 0.1) is 12.9 Å². The van der Waals surface area contributed by atoms with E-state index < -0.39 is 5.95 Å². The van der Waals surface area contributed by atoms with Crippen LogP contribution >= 0.6 is 12.4 Å². The molecule has 0 aliphatic carbocycles. The first-order valence-corrected chi connectivity index (χ1v) is 40.8. The SMILES string of the molecule is CCN1CCN(c2ccc(Nc3ncc4ccc5cnn(CC)c5c4n3)nc2)CC1.CCN1CCN(c2cnc(Nc3ncc4ccc5cnn(CC)c5c4n3)cc2C)CC1.CCn1ncc2ccc3cnc(Nc4ccc(N5CCNCC5)c(F)n4)nc3c21.CCn1ncc2ccc3cnc(Nc4ccc(N5CCOCC5)cn4)nc3c21.Cl. The maximum atomic E-state index is 14.6. The van der Waals surface area contributed by atoms with Crippen LogP contribution in [-0.4, -0.2) is 227 Å². The number of ether oxygens (including phenoxy) is 1. The summed E-state index contributed by atoms with van der Waals surface area (Å²) in [5.41, 5.74) is 12.7. The van der Waals surface area contributed by atoms with Gasteiger partial charge in [0.05, 0.1) is 101 Å². The topological polar surface area (TPSA) is 315 Å². The zero-order chi connectivity index (χ0) is 80.6. The molecule has 20 rings (SSSR count). The van der Waals surface area contributed by atoms with Gasteiger partial charge in [-0.25, -0.2) is 59.8 Å². The van der Waals surface area contributed by atoms with Gasteiger partial charge >= 0.3 is 0 Å². The number of benzene rings is 4. The minimum atomic E-state index is -0.496. The quantitative estimate of drug-likeness (QED) is 0.0498. The molecule has 4 aromatic carbocycles. The summed E-state index contributed by atoms with van der Waals surface area (Å²) in [7, 11) is 0. The number of nitrogens with one attached hydrogen (secondary N) is 5. The van der Waals surface area contributed by atoms with Gasteiger partial charge in [0, 0.05) is 186 Å². The van der Waals surface area contributed by atoms with Crippen molar-refractivity contribution in [3.05, 3.63) is 171 Å². The van der Waals surface area contributed by atoms with Crippen molar-refractivity contribution in [2.45, 2.75) is 74.6 Å². The minimum Gasteiger partial charge on any atom is -0.378 e. The molecular weight excluding hydrogens is 1530 g/mol. The molecule has 4 saturated heterocycles. The van der Waals surface area contributed by atoms with Gasteiger partial charge in [-0.05, 0) is 95.7 Å². The summed E-state index contributed by atoms with van der Waals surface area (Å²) in [6.07, 6.45) is 20.5. The van der Waals surface area contributed by atoms with Gasteiger partial charge < -0.3 is 60.7 Å². The fourth-order valence-corrected chi connectivity index (χ4v) is 15.6. The minimum absolute atomic E-state index is 0. The third-order valence-corrected chi connectivity index (χ3v) is 22.2. The number of halogens is 2. The maximum Gasteiger partial charge on any atom is 0.238 e. The Bertz CT molecular complexity index is 6190. The molecule has 0 spiro atoms. The van der Waals surface area contributed by atoms with Crippen molar-refractivity contribution in [2.24, 2.45) is 0 Å². The first-order chi connectivity index (χ1) is 57.9. The molecule has 0 unspecified atom stereocenters. The van der Waals surface area contributed by atoms with Crippen molar-refractivity contribution >= 4 is 169 Å². The second-order valence-electron chi connectivity index (χ2n) is 29.2. The van der Waals surface area contributed by atoms with Gasteiger partial charge in [-0.2, -0.15) is 24.8 Å². The molecule has 4 aliphatic rings. The molecule has 612 valence electrons. The number of piperazine rings is 3. The lowest BCUT2D eigenvalue weighted by Gasteiger charge is -2.36. The largest absolute Gasteiger partial charge is 0.378 e. The van der Waals surface area contributed by atoms with Crippen LogP contribution in [0.15, 0.2) is 159 Å². The average molecular weight is 1620 g/mol. The zero-order valence-electron chi connectivity index (χ0n) is 67.9. The van der Waals surface area contributed by atoms with Gasteiger partial charge in [0.15, 0.2) is 0 Å². The monoisotopic (exact) mass is 1620 g/mol. The number of morpholine rings is 1. The highest BCUT2D eigenvalue weighted by molar-refractivity contribution is 6.06. The number of pyridine rings is 4. The van der Waals surface area contributed by atoms with Crippen LogP contribution in [0.1, 0.15) is 47.1 Å². The summed E-state index contributed by atoms with van der Waals surface area (Å²) in [6.45, 7) is 35.3. The van der Waals surface area contributed by atoms with E-state index in [0.717, 1.165) is 254 Å². The Labute approximate surface area is 693 Å². The van der Waals surface area contributed by atoms with E-state index in [1.807, 2.05) is 135 Å². The number of fused-ring (bicyclic) bond motifs is 12. The van der Waals surface area contributed by atoms with Crippen LogP contribution in [0.5, 0.6) is 0 Å². The Morgan fingerprint density at radius 2 is 0.689 bits per heavy atom. The van der Waals surface area contributed by atoms with Crippen molar-refractivity contribution in [3.8, 4) is 0 Å². The van der Waals surface area contributed by atoms with Gasteiger partial charge in [-0.1, -0.05) is 62.4 Å². The van der Waals surface area contributed by atoms with E-state index >= 15 is 0 Å². The molecule has 0 amide bonds. The normalized spacial score (nSPS) is 14.8. The second-order valence-corrected chi connectivity index (χ2v) is 29.2. The van der Waals surface area contributed by atoms with Crippen LogP contribution in [0.3, 0.4) is 0 Å². The molecule has 5 N–H and O–H groups in total. The van der Waals surface area contributed by atoms with Gasteiger partial charge in [0.2, 0.25) is 29.7 Å². The summed E-state index contributed by atoms with van der Waals surface area (Å²) in [6, 6.07) is 30.0. The van der Waals surface area contributed by atoms with Crippen molar-refractivity contribution in [1.29, 1.82) is 0 Å². The average Bonchev–Trinajstić information content (AvgIpc) is 1.68. The molecule has 16 heterocycles. The van der Waals surface area contributed by atoms with E-state index in [0.29, 0.717) is 41.1 Å². The lowest BCUT2D eigenvalue weighted by Crippen LogP contribution is -2.46. The zero-order valence-corrected chi connectivity index (χ0v) is 68.7. The predicted molar refractivity (Wildman–Crippen MR) is 473 cm³/mol. The first kappa shape index (κ1) is 80.0. The Hall–Kier alpha value is -12.8. The first-order valence-electron chi connectivity index (χ1n) is 40.8. The number of hydrogen-bond donors (Lipinski definition) is 5. The van der Waals surface area contributed by atoms with E-state index in [-0.39, 0.29) is 12.4 Å². The number of aryl methyl sites for hydroxylation is 5. The van der Waals surface area contributed by atoms with Crippen molar-refractivity contribution in [1.82, 2.24) is 114 Å². The lowest BCUT2D eigenvalue weighted by molar-refractivity contribution is 0.122. The van der Waals surface area contributed by atoms with Gasteiger partial charge in [0.25, 0.3) is 0 Å². The molecule has 34 heteroatoms. The highest BCUT2D eigenvalue weighted by atomic mass is 35.5. The van der Waals surface area contributed by atoms with Crippen molar-refractivity contribution in [3.63, 3.8) is 0 Å². The fourth-order valence-electron chi connectivity index (χ4n) is 15.6. The molecule has 16 aromatic rings. The molecule has 4 aliphatic heterocycles. The van der Waals surface area contributed by atoms with E-state index in [9.17, 15) is 4.39 Å². The Morgan fingerprint density at radius 1 is 0.336 bits per heavy atom. The number of nitrogens with zero attached hydrogens (tertiary/aromatic N) is 26. The summed E-state index contributed by atoms with van der Waals surface area (Å²) in [5, 5.41) is 42.0. The third-order valence-electron chi connectivity index (χ3n) is 22.2. The summed E-state index contributed by atoms with van der Waals surface area (Å²) >= 11 is 0. The van der Waals surface area contributed by atoms with Gasteiger partial charge in [0.1, 0.15) is 45.3 Å².